The van der Waals surface area contributed by atoms with Crippen molar-refractivity contribution in [2.75, 3.05) is 45.3 Å². The second-order valence-electron chi connectivity index (χ2n) is 7.20. The van der Waals surface area contributed by atoms with Crippen molar-refractivity contribution in [3.05, 3.63) is 54.1 Å². The lowest BCUT2D eigenvalue weighted by atomic mass is 10.1. The fourth-order valence-electron chi connectivity index (χ4n) is 3.13. The maximum Gasteiger partial charge on any atom is 0.257 e. The van der Waals surface area contributed by atoms with Crippen LogP contribution in [-0.4, -0.2) is 64.5 Å². The van der Waals surface area contributed by atoms with Crippen molar-refractivity contribution < 1.29 is 27.5 Å². The molecule has 0 spiro atoms. The van der Waals surface area contributed by atoms with Crippen LogP contribution in [0, 0.1) is 0 Å². The number of rotatable bonds is 9. The molecule has 0 unspecified atom stereocenters. The smallest absolute Gasteiger partial charge is 0.257 e. The van der Waals surface area contributed by atoms with Crippen LogP contribution in [0.4, 0.5) is 5.69 Å². The Morgan fingerprint density at radius 3 is 2.47 bits per heavy atom. The highest BCUT2D eigenvalue weighted by Gasteiger charge is 2.26. The molecule has 2 aromatic carbocycles. The Morgan fingerprint density at radius 2 is 1.78 bits per heavy atom. The minimum absolute atomic E-state index is 0.106. The monoisotopic (exact) mass is 461 g/mol. The molecule has 1 aliphatic rings. The van der Waals surface area contributed by atoms with Gasteiger partial charge in [-0.2, -0.15) is 4.31 Å². The molecular weight excluding hydrogens is 434 g/mol. The molecule has 2 amide bonds. The molecule has 0 radical (unpaired) electrons. The summed E-state index contributed by atoms with van der Waals surface area (Å²) < 4.78 is 37.3. The molecule has 32 heavy (non-hydrogen) atoms. The van der Waals surface area contributed by atoms with Gasteiger partial charge in [-0.05, 0) is 36.2 Å². The van der Waals surface area contributed by atoms with Crippen LogP contribution in [0.25, 0.3) is 0 Å². The van der Waals surface area contributed by atoms with Crippen LogP contribution >= 0.6 is 0 Å². The summed E-state index contributed by atoms with van der Waals surface area (Å²) in [7, 11) is -2.00. The number of nitrogens with zero attached hydrogens (tertiary/aromatic N) is 1. The number of anilines is 1. The molecule has 0 saturated carbocycles. The molecule has 1 fully saturated rings. The summed E-state index contributed by atoms with van der Waals surface area (Å²) in [5.74, 6) is 0.0464. The first-order valence-electron chi connectivity index (χ1n) is 10.3. The van der Waals surface area contributed by atoms with E-state index in [1.807, 2.05) is 0 Å². The van der Waals surface area contributed by atoms with Gasteiger partial charge in [0.25, 0.3) is 5.91 Å². The Kier molecular flexibility index (Phi) is 8.20. The zero-order valence-electron chi connectivity index (χ0n) is 17.9. The largest absolute Gasteiger partial charge is 0.484 e. The van der Waals surface area contributed by atoms with E-state index in [-0.39, 0.29) is 29.7 Å². The second-order valence-corrected chi connectivity index (χ2v) is 9.14. The predicted molar refractivity (Wildman–Crippen MR) is 119 cm³/mol. The van der Waals surface area contributed by atoms with Gasteiger partial charge in [0.15, 0.2) is 6.61 Å². The van der Waals surface area contributed by atoms with E-state index in [2.05, 4.69) is 10.6 Å². The number of nitrogens with one attached hydrogen (secondary N) is 2. The van der Waals surface area contributed by atoms with Gasteiger partial charge in [0.2, 0.25) is 15.9 Å². The Labute approximate surface area is 187 Å². The third kappa shape index (κ3) is 6.52. The van der Waals surface area contributed by atoms with E-state index in [0.29, 0.717) is 44.2 Å². The molecule has 2 aromatic rings. The van der Waals surface area contributed by atoms with Crippen molar-refractivity contribution in [3.8, 4) is 5.75 Å². The normalized spacial score (nSPS) is 14.5. The Balaban J connectivity index is 1.51. The van der Waals surface area contributed by atoms with E-state index in [9.17, 15) is 18.0 Å². The van der Waals surface area contributed by atoms with Gasteiger partial charge in [0.05, 0.1) is 18.1 Å². The van der Waals surface area contributed by atoms with Crippen LogP contribution in [0.2, 0.25) is 0 Å². The van der Waals surface area contributed by atoms with Gasteiger partial charge in [0.1, 0.15) is 5.75 Å². The Bertz CT molecular complexity index is 1030. The lowest BCUT2D eigenvalue weighted by molar-refractivity contribution is -0.122. The van der Waals surface area contributed by atoms with Crippen LogP contribution < -0.4 is 15.4 Å². The molecule has 0 bridgehead atoms. The van der Waals surface area contributed by atoms with Gasteiger partial charge in [0, 0.05) is 38.3 Å². The topological polar surface area (TPSA) is 114 Å². The van der Waals surface area contributed by atoms with Crippen molar-refractivity contribution >= 4 is 27.5 Å². The van der Waals surface area contributed by atoms with Crippen LogP contribution in [0.1, 0.15) is 12.0 Å². The first kappa shape index (κ1) is 23.7. The lowest BCUT2D eigenvalue weighted by Gasteiger charge is -2.26. The van der Waals surface area contributed by atoms with Crippen molar-refractivity contribution in [1.29, 1.82) is 0 Å². The SMILES string of the molecule is CNC(=O)COc1cccc(NC(=O)CCc2ccc(S(=O)(=O)N3CCOCC3)cc2)c1. The second kappa shape index (κ2) is 11.1. The maximum absolute atomic E-state index is 12.7. The number of carbonyl (C=O) groups excluding carboxylic acids is 2. The van der Waals surface area contributed by atoms with Gasteiger partial charge in [-0.25, -0.2) is 8.42 Å². The summed E-state index contributed by atoms with van der Waals surface area (Å²) in [6, 6.07) is 13.4. The van der Waals surface area contributed by atoms with E-state index in [0.717, 1.165) is 5.56 Å². The summed E-state index contributed by atoms with van der Waals surface area (Å²) in [6.45, 7) is 1.39. The van der Waals surface area contributed by atoms with Gasteiger partial charge in [-0.3, -0.25) is 9.59 Å². The fourth-order valence-corrected chi connectivity index (χ4v) is 4.54. The third-order valence-corrected chi connectivity index (χ3v) is 6.85. The molecule has 9 nitrogen and oxygen atoms in total. The number of hydrogen-bond acceptors (Lipinski definition) is 6. The number of hydrogen-bond donors (Lipinski definition) is 2. The predicted octanol–water partition coefficient (Wildman–Crippen LogP) is 1.40. The van der Waals surface area contributed by atoms with Gasteiger partial charge >= 0.3 is 0 Å². The number of amides is 2. The van der Waals surface area contributed by atoms with E-state index >= 15 is 0 Å². The molecule has 172 valence electrons. The van der Waals surface area contributed by atoms with Crippen molar-refractivity contribution in [2.24, 2.45) is 0 Å². The highest BCUT2D eigenvalue weighted by atomic mass is 32.2. The van der Waals surface area contributed by atoms with E-state index in [1.54, 1.807) is 48.5 Å². The first-order chi connectivity index (χ1) is 15.4. The molecule has 0 aromatic heterocycles. The summed E-state index contributed by atoms with van der Waals surface area (Å²) in [5.41, 5.74) is 1.43. The molecule has 1 heterocycles. The molecule has 0 aliphatic carbocycles. The molecule has 3 rings (SSSR count). The summed E-state index contributed by atoms with van der Waals surface area (Å²) >= 11 is 0. The third-order valence-electron chi connectivity index (χ3n) is 4.94. The van der Waals surface area contributed by atoms with E-state index < -0.39 is 10.0 Å². The summed E-state index contributed by atoms with van der Waals surface area (Å²) in [6.07, 6.45) is 0.704. The number of ether oxygens (including phenoxy) is 2. The van der Waals surface area contributed by atoms with Gasteiger partial charge < -0.3 is 20.1 Å². The van der Waals surface area contributed by atoms with Crippen LogP contribution in [-0.2, 0) is 30.8 Å². The maximum atomic E-state index is 12.7. The molecule has 1 aliphatic heterocycles. The van der Waals surface area contributed by atoms with Crippen LogP contribution in [0.15, 0.2) is 53.4 Å². The molecule has 0 atom stereocenters. The zero-order valence-corrected chi connectivity index (χ0v) is 18.7. The average Bonchev–Trinajstić information content (AvgIpc) is 2.82. The quantitative estimate of drug-likeness (QED) is 0.584. The van der Waals surface area contributed by atoms with Gasteiger partial charge in [-0.1, -0.05) is 18.2 Å². The summed E-state index contributed by atoms with van der Waals surface area (Å²) in [4.78, 5) is 23.8. The highest BCUT2D eigenvalue weighted by molar-refractivity contribution is 7.89. The fraction of sp³-hybridized carbons (Fsp3) is 0.364. The molecular formula is C22H27N3O6S. The number of likely N-dealkylation sites (N-methyl/N-ethyl adjacent to an activating group) is 1. The standard InChI is InChI=1S/C22H27N3O6S/c1-23-22(27)16-31-19-4-2-3-18(15-19)24-21(26)10-7-17-5-8-20(9-6-17)32(28,29)25-11-13-30-14-12-25/h2-6,8-9,15H,7,10-14,16H2,1H3,(H,23,27)(H,24,26). The lowest BCUT2D eigenvalue weighted by Crippen LogP contribution is -2.40. The van der Waals surface area contributed by atoms with Crippen LogP contribution in [0.5, 0.6) is 5.75 Å². The van der Waals surface area contributed by atoms with Crippen molar-refractivity contribution in [3.63, 3.8) is 0 Å². The zero-order chi connectivity index (χ0) is 23.0. The van der Waals surface area contributed by atoms with Crippen molar-refractivity contribution in [1.82, 2.24) is 9.62 Å². The van der Waals surface area contributed by atoms with Crippen LogP contribution in [0.3, 0.4) is 0 Å². The number of aryl methyl sites for hydroxylation is 1. The number of morpholine rings is 1. The van der Waals surface area contributed by atoms with Gasteiger partial charge in [-0.15, -0.1) is 0 Å². The molecule has 1 saturated heterocycles. The molecule has 10 heteroatoms. The minimum Gasteiger partial charge on any atom is -0.484 e. The summed E-state index contributed by atoms with van der Waals surface area (Å²) in [5, 5.41) is 5.27. The average molecular weight is 462 g/mol. The van der Waals surface area contributed by atoms with E-state index in [1.165, 1.54) is 11.4 Å². The van der Waals surface area contributed by atoms with E-state index in [4.69, 9.17) is 9.47 Å². The minimum atomic E-state index is -3.53. The van der Waals surface area contributed by atoms with Crippen molar-refractivity contribution in [2.45, 2.75) is 17.7 Å². The Hall–Kier alpha value is -2.95. The first-order valence-corrected chi connectivity index (χ1v) is 11.7. The number of benzene rings is 2. The highest BCUT2D eigenvalue weighted by Crippen LogP contribution is 2.19. The number of sulfonamides is 1. The number of carbonyl (C=O) groups is 2. The molecule has 2 N–H and O–H groups in total. The Morgan fingerprint density at radius 1 is 1.06 bits per heavy atom.